The van der Waals surface area contributed by atoms with Crippen molar-refractivity contribution in [2.45, 2.75) is 11.9 Å². The molecule has 2 N–H and O–H groups in total. The van der Waals surface area contributed by atoms with Crippen molar-refractivity contribution in [3.63, 3.8) is 0 Å². The average Bonchev–Trinajstić information content (AvgIpc) is 2.37. The van der Waals surface area contributed by atoms with Gasteiger partial charge < -0.3 is 10.6 Å². The van der Waals surface area contributed by atoms with E-state index in [0.717, 1.165) is 11.4 Å². The standard InChI is InChI=1S/C12H17FN2O2S2/c1-19(16,17)12-8-18-5-4-15(12)11-3-2-10(13)6-9(11)7-14/h2-3,6,12H,4-5,7-8,14H2,1H3. The van der Waals surface area contributed by atoms with Crippen LogP contribution in [0.25, 0.3) is 0 Å². The summed E-state index contributed by atoms with van der Waals surface area (Å²) in [6.45, 7) is 0.814. The second-order valence-corrected chi connectivity index (χ2v) is 7.88. The van der Waals surface area contributed by atoms with Crippen LogP contribution in [0, 0.1) is 5.82 Å². The van der Waals surface area contributed by atoms with Gasteiger partial charge in [0.15, 0.2) is 9.84 Å². The van der Waals surface area contributed by atoms with E-state index in [0.29, 0.717) is 17.9 Å². The number of hydrogen-bond acceptors (Lipinski definition) is 5. The lowest BCUT2D eigenvalue weighted by Crippen LogP contribution is -2.47. The zero-order valence-electron chi connectivity index (χ0n) is 10.7. The van der Waals surface area contributed by atoms with Gasteiger partial charge >= 0.3 is 0 Å². The van der Waals surface area contributed by atoms with E-state index in [1.165, 1.54) is 18.4 Å². The van der Waals surface area contributed by atoms with Crippen molar-refractivity contribution in [1.29, 1.82) is 0 Å². The van der Waals surface area contributed by atoms with Crippen molar-refractivity contribution in [2.75, 3.05) is 29.2 Å². The summed E-state index contributed by atoms with van der Waals surface area (Å²) in [7, 11) is -3.19. The van der Waals surface area contributed by atoms with Gasteiger partial charge in [0.2, 0.25) is 0 Å². The number of hydrogen-bond donors (Lipinski definition) is 1. The van der Waals surface area contributed by atoms with Crippen LogP contribution in [-0.4, -0.2) is 38.1 Å². The maximum absolute atomic E-state index is 13.2. The van der Waals surface area contributed by atoms with Crippen LogP contribution >= 0.6 is 11.8 Å². The van der Waals surface area contributed by atoms with Crippen LogP contribution in [-0.2, 0) is 16.4 Å². The molecule has 2 rings (SSSR count). The van der Waals surface area contributed by atoms with E-state index in [-0.39, 0.29) is 12.4 Å². The minimum Gasteiger partial charge on any atom is -0.353 e. The lowest BCUT2D eigenvalue weighted by atomic mass is 10.1. The van der Waals surface area contributed by atoms with Crippen LogP contribution in [0.3, 0.4) is 0 Å². The van der Waals surface area contributed by atoms with Gasteiger partial charge in [-0.3, -0.25) is 0 Å². The van der Waals surface area contributed by atoms with E-state index in [1.807, 2.05) is 4.90 Å². The highest BCUT2D eigenvalue weighted by Gasteiger charge is 2.32. The predicted molar refractivity (Wildman–Crippen MR) is 77.6 cm³/mol. The van der Waals surface area contributed by atoms with E-state index >= 15 is 0 Å². The topological polar surface area (TPSA) is 63.4 Å². The molecule has 1 heterocycles. The van der Waals surface area contributed by atoms with Gasteiger partial charge in [0.1, 0.15) is 11.2 Å². The summed E-state index contributed by atoms with van der Waals surface area (Å²) in [5.41, 5.74) is 6.99. The van der Waals surface area contributed by atoms with Crippen LogP contribution in [0.5, 0.6) is 0 Å². The first-order chi connectivity index (χ1) is 8.93. The van der Waals surface area contributed by atoms with Crippen LogP contribution in [0.1, 0.15) is 5.56 Å². The zero-order valence-corrected chi connectivity index (χ0v) is 12.3. The number of nitrogens with two attached hydrogens (primary N) is 1. The van der Waals surface area contributed by atoms with Crippen molar-refractivity contribution < 1.29 is 12.8 Å². The van der Waals surface area contributed by atoms with Gasteiger partial charge in [-0.2, -0.15) is 11.8 Å². The molecule has 1 aromatic carbocycles. The van der Waals surface area contributed by atoms with Crippen LogP contribution < -0.4 is 10.6 Å². The number of halogens is 1. The van der Waals surface area contributed by atoms with E-state index in [9.17, 15) is 12.8 Å². The third-order valence-electron chi connectivity index (χ3n) is 3.15. The Hall–Kier alpha value is -0.790. The van der Waals surface area contributed by atoms with Crippen molar-refractivity contribution in [3.05, 3.63) is 29.6 Å². The Morgan fingerprint density at radius 1 is 1.53 bits per heavy atom. The summed E-state index contributed by atoms with van der Waals surface area (Å²) >= 11 is 1.62. The molecule has 1 unspecified atom stereocenters. The predicted octanol–water partition coefficient (Wildman–Crippen LogP) is 1.21. The maximum atomic E-state index is 13.2. The molecule has 0 radical (unpaired) electrons. The summed E-state index contributed by atoms with van der Waals surface area (Å²) in [4.78, 5) is 1.83. The fourth-order valence-corrected chi connectivity index (χ4v) is 5.04. The molecular formula is C12H17FN2O2S2. The molecule has 19 heavy (non-hydrogen) atoms. The Labute approximate surface area is 117 Å². The SMILES string of the molecule is CS(=O)(=O)C1CSCCN1c1ccc(F)cc1CN. The number of rotatable bonds is 3. The van der Waals surface area contributed by atoms with Crippen molar-refractivity contribution in [2.24, 2.45) is 5.73 Å². The van der Waals surface area contributed by atoms with Crippen molar-refractivity contribution in [3.8, 4) is 0 Å². The Kier molecular flexibility index (Phi) is 4.37. The molecule has 7 heteroatoms. The summed E-state index contributed by atoms with van der Waals surface area (Å²) in [6.07, 6.45) is 1.24. The number of anilines is 1. The van der Waals surface area contributed by atoms with E-state index < -0.39 is 15.2 Å². The van der Waals surface area contributed by atoms with Gasteiger partial charge in [0.05, 0.1) is 0 Å². The van der Waals surface area contributed by atoms with Gasteiger partial charge in [0.25, 0.3) is 0 Å². The molecule has 0 amide bonds. The monoisotopic (exact) mass is 304 g/mol. The highest BCUT2D eigenvalue weighted by atomic mass is 32.2. The molecule has 1 atom stereocenters. The van der Waals surface area contributed by atoms with Gasteiger partial charge in [-0.25, -0.2) is 12.8 Å². The Balaban J connectivity index is 2.43. The fraction of sp³-hybridized carbons (Fsp3) is 0.500. The Bertz CT molecular complexity index is 563. The molecule has 1 saturated heterocycles. The van der Waals surface area contributed by atoms with Crippen molar-refractivity contribution >= 4 is 27.3 Å². The molecule has 106 valence electrons. The molecule has 0 aromatic heterocycles. The van der Waals surface area contributed by atoms with E-state index in [2.05, 4.69) is 0 Å². The highest BCUT2D eigenvalue weighted by Crippen LogP contribution is 2.29. The average molecular weight is 304 g/mol. The minimum absolute atomic E-state index is 0.188. The molecule has 0 bridgehead atoms. The number of nitrogens with zero attached hydrogens (tertiary/aromatic N) is 1. The second-order valence-electron chi connectivity index (χ2n) is 4.53. The lowest BCUT2D eigenvalue weighted by molar-refractivity contribution is 0.584. The quantitative estimate of drug-likeness (QED) is 0.909. The highest BCUT2D eigenvalue weighted by molar-refractivity contribution is 8.01. The van der Waals surface area contributed by atoms with Crippen molar-refractivity contribution in [1.82, 2.24) is 0 Å². The molecule has 0 saturated carbocycles. The summed E-state index contributed by atoms with van der Waals surface area (Å²) in [5, 5.41) is -0.568. The molecule has 0 aliphatic carbocycles. The first-order valence-electron chi connectivity index (χ1n) is 5.95. The molecule has 1 aliphatic heterocycles. The Morgan fingerprint density at radius 3 is 2.89 bits per heavy atom. The second kappa shape index (κ2) is 5.68. The maximum Gasteiger partial charge on any atom is 0.169 e. The van der Waals surface area contributed by atoms with Gasteiger partial charge in [-0.15, -0.1) is 0 Å². The fourth-order valence-electron chi connectivity index (χ4n) is 2.21. The smallest absolute Gasteiger partial charge is 0.169 e. The minimum atomic E-state index is -3.19. The van der Waals surface area contributed by atoms with Gasteiger partial charge in [0, 0.05) is 36.5 Å². The largest absolute Gasteiger partial charge is 0.353 e. The van der Waals surface area contributed by atoms with Crippen LogP contribution in [0.15, 0.2) is 18.2 Å². The first kappa shape index (κ1) is 14.6. The van der Waals surface area contributed by atoms with Gasteiger partial charge in [-0.05, 0) is 23.8 Å². The lowest BCUT2D eigenvalue weighted by Gasteiger charge is -2.37. The van der Waals surface area contributed by atoms with Crippen LogP contribution in [0.2, 0.25) is 0 Å². The number of thioether (sulfide) groups is 1. The zero-order chi connectivity index (χ0) is 14.0. The summed E-state index contributed by atoms with van der Waals surface area (Å²) in [6, 6.07) is 4.33. The number of benzene rings is 1. The van der Waals surface area contributed by atoms with E-state index in [4.69, 9.17) is 5.73 Å². The molecular weight excluding hydrogens is 287 g/mol. The third kappa shape index (κ3) is 3.21. The van der Waals surface area contributed by atoms with Gasteiger partial charge in [-0.1, -0.05) is 0 Å². The third-order valence-corrected chi connectivity index (χ3v) is 5.79. The normalized spacial score (nSPS) is 20.6. The summed E-state index contributed by atoms with van der Waals surface area (Å²) in [5.74, 6) is 1.03. The molecule has 0 spiro atoms. The molecule has 4 nitrogen and oxygen atoms in total. The summed E-state index contributed by atoms with van der Waals surface area (Å²) < 4.78 is 37.0. The molecule has 1 aromatic rings. The Morgan fingerprint density at radius 2 is 2.26 bits per heavy atom. The first-order valence-corrected chi connectivity index (χ1v) is 9.06. The van der Waals surface area contributed by atoms with E-state index in [1.54, 1.807) is 17.8 Å². The molecule has 1 aliphatic rings. The molecule has 1 fully saturated rings. The number of sulfone groups is 1. The van der Waals surface area contributed by atoms with Crippen LogP contribution in [0.4, 0.5) is 10.1 Å².